The van der Waals surface area contributed by atoms with E-state index in [1.165, 1.54) is 141 Å². The van der Waals surface area contributed by atoms with E-state index < -0.39 is 6.10 Å². The van der Waals surface area contributed by atoms with E-state index in [-0.39, 0.29) is 37.5 Å². The molecule has 0 fully saturated rings. The fourth-order valence-corrected chi connectivity index (χ4v) is 9.16. The van der Waals surface area contributed by atoms with Crippen LogP contribution >= 0.6 is 0 Å². The van der Waals surface area contributed by atoms with Gasteiger partial charge in [0.15, 0.2) is 6.10 Å². The van der Waals surface area contributed by atoms with Crippen LogP contribution in [-0.2, 0) is 28.6 Å². The monoisotopic (exact) mass is 1110 g/mol. The van der Waals surface area contributed by atoms with Gasteiger partial charge in [0.05, 0.1) is 0 Å². The highest BCUT2D eigenvalue weighted by atomic mass is 16.6. The molecular formula is C74H124O6. The Morgan fingerprint density at radius 1 is 0.263 bits per heavy atom. The topological polar surface area (TPSA) is 78.9 Å². The Hall–Kier alpha value is -4.19. The van der Waals surface area contributed by atoms with E-state index in [9.17, 15) is 14.4 Å². The first-order valence-electron chi connectivity index (χ1n) is 33.5. The number of hydrogen-bond acceptors (Lipinski definition) is 6. The van der Waals surface area contributed by atoms with Crippen LogP contribution in [0.2, 0.25) is 0 Å². The highest BCUT2D eigenvalue weighted by Crippen LogP contribution is 2.16. The van der Waals surface area contributed by atoms with Crippen molar-refractivity contribution in [3.8, 4) is 0 Å². The highest BCUT2D eigenvalue weighted by molar-refractivity contribution is 5.71. The van der Waals surface area contributed by atoms with Crippen molar-refractivity contribution in [3.63, 3.8) is 0 Å². The molecule has 0 aliphatic carbocycles. The lowest BCUT2D eigenvalue weighted by Gasteiger charge is -2.18. The molecule has 0 radical (unpaired) electrons. The molecule has 0 saturated carbocycles. The zero-order chi connectivity index (χ0) is 57.8. The number of rotatable bonds is 60. The summed E-state index contributed by atoms with van der Waals surface area (Å²) in [5.74, 6) is -0.950. The zero-order valence-electron chi connectivity index (χ0n) is 52.3. The van der Waals surface area contributed by atoms with Gasteiger partial charge in [-0.3, -0.25) is 14.4 Å². The van der Waals surface area contributed by atoms with Crippen LogP contribution in [0.3, 0.4) is 0 Å². The smallest absolute Gasteiger partial charge is 0.306 e. The summed E-state index contributed by atoms with van der Waals surface area (Å²) in [7, 11) is 0. The molecule has 0 spiro atoms. The first-order chi connectivity index (χ1) is 39.5. The summed E-state index contributed by atoms with van der Waals surface area (Å²) in [5.41, 5.74) is 0. The molecule has 456 valence electrons. The van der Waals surface area contributed by atoms with Gasteiger partial charge < -0.3 is 14.2 Å². The van der Waals surface area contributed by atoms with Crippen molar-refractivity contribution >= 4 is 17.9 Å². The van der Waals surface area contributed by atoms with Gasteiger partial charge in [0, 0.05) is 19.3 Å². The Morgan fingerprint density at radius 3 is 0.850 bits per heavy atom. The van der Waals surface area contributed by atoms with Crippen LogP contribution in [0.25, 0.3) is 0 Å². The summed E-state index contributed by atoms with van der Waals surface area (Å²) in [6, 6.07) is 0. The summed E-state index contributed by atoms with van der Waals surface area (Å²) in [6.07, 6.45) is 93.8. The van der Waals surface area contributed by atoms with Crippen molar-refractivity contribution in [1.29, 1.82) is 0 Å². The molecule has 0 heterocycles. The molecule has 0 aromatic rings. The highest BCUT2D eigenvalue weighted by Gasteiger charge is 2.19. The molecule has 0 aliphatic rings. The summed E-state index contributed by atoms with van der Waals surface area (Å²) < 4.78 is 16.9. The van der Waals surface area contributed by atoms with E-state index in [4.69, 9.17) is 14.2 Å². The van der Waals surface area contributed by atoms with Crippen LogP contribution in [0, 0.1) is 0 Å². The van der Waals surface area contributed by atoms with Gasteiger partial charge in [-0.05, 0) is 128 Å². The second-order valence-electron chi connectivity index (χ2n) is 22.0. The van der Waals surface area contributed by atoms with Crippen molar-refractivity contribution in [2.24, 2.45) is 0 Å². The Balaban J connectivity index is 4.24. The molecule has 0 amide bonds. The van der Waals surface area contributed by atoms with Gasteiger partial charge in [0.2, 0.25) is 0 Å². The normalized spacial score (nSPS) is 12.9. The summed E-state index contributed by atoms with van der Waals surface area (Å²) in [5, 5.41) is 0. The van der Waals surface area contributed by atoms with Crippen molar-refractivity contribution in [1.82, 2.24) is 0 Å². The average Bonchev–Trinajstić information content (AvgIpc) is 3.46. The van der Waals surface area contributed by atoms with E-state index in [1.54, 1.807) is 0 Å². The Kier molecular flexibility index (Phi) is 63.8. The average molecular weight is 1110 g/mol. The fraction of sp³-hybridized carbons (Fsp3) is 0.689. The number of esters is 3. The third-order valence-electron chi connectivity index (χ3n) is 14.2. The predicted octanol–water partition coefficient (Wildman–Crippen LogP) is 23.2. The quantitative estimate of drug-likeness (QED) is 0.0261. The van der Waals surface area contributed by atoms with E-state index >= 15 is 0 Å². The minimum Gasteiger partial charge on any atom is -0.462 e. The molecule has 0 aliphatic heterocycles. The maximum Gasteiger partial charge on any atom is 0.306 e. The Labute approximate surface area is 494 Å². The van der Waals surface area contributed by atoms with Gasteiger partial charge in [0.25, 0.3) is 0 Å². The lowest BCUT2D eigenvalue weighted by molar-refractivity contribution is -0.167. The molecule has 0 N–H and O–H groups in total. The molecule has 1 atom stereocenters. The molecule has 0 aromatic carbocycles. The maximum atomic E-state index is 12.9. The van der Waals surface area contributed by atoms with Crippen LogP contribution in [0.1, 0.15) is 310 Å². The van der Waals surface area contributed by atoms with Crippen LogP contribution < -0.4 is 0 Å². The standard InChI is InChI=1S/C74H124O6/c1-4-7-10-13-16-19-22-24-26-28-30-32-33-34-35-36-37-38-39-40-41-43-44-46-48-50-52-55-58-61-64-67-73(76)79-70-71(69-78-72(75)66-63-60-57-54-21-18-15-12-9-6-3)80-74(77)68-65-62-59-56-53-51-49-47-45-42-31-29-27-25-23-20-17-14-11-8-5-2/h8,11-12,15,17,20,22,24-25,27-28,30-31,33-34,42,47,49,53,56,71H,4-7,9-10,13-14,16,18-19,21,23,26,29,32,35-41,43-46,48,50-52,54-55,57-70H2,1-3H3/b11-8-,15-12-,20-17-,24-22-,27-25-,30-28-,34-33-,42-31-,49-47-,56-53-. The van der Waals surface area contributed by atoms with Gasteiger partial charge in [-0.2, -0.15) is 0 Å². The number of allylic oxidation sites excluding steroid dienone is 20. The largest absolute Gasteiger partial charge is 0.462 e. The third-order valence-corrected chi connectivity index (χ3v) is 14.2. The van der Waals surface area contributed by atoms with Crippen LogP contribution in [0.15, 0.2) is 122 Å². The number of ether oxygens (including phenoxy) is 3. The van der Waals surface area contributed by atoms with Crippen molar-refractivity contribution in [2.75, 3.05) is 13.2 Å². The zero-order valence-corrected chi connectivity index (χ0v) is 52.3. The van der Waals surface area contributed by atoms with Gasteiger partial charge in [-0.25, -0.2) is 0 Å². The summed E-state index contributed by atoms with van der Waals surface area (Å²) in [6.45, 7) is 6.42. The Bertz CT molecular complexity index is 1650. The number of carbonyl (C=O) groups is 3. The van der Waals surface area contributed by atoms with E-state index in [0.717, 1.165) is 122 Å². The van der Waals surface area contributed by atoms with Gasteiger partial charge in [0.1, 0.15) is 13.2 Å². The molecule has 1 unspecified atom stereocenters. The molecular weight excluding hydrogens is 985 g/mol. The molecule has 0 saturated heterocycles. The van der Waals surface area contributed by atoms with Crippen LogP contribution in [0.4, 0.5) is 0 Å². The second kappa shape index (κ2) is 67.3. The van der Waals surface area contributed by atoms with Crippen molar-refractivity contribution in [2.45, 2.75) is 316 Å². The summed E-state index contributed by atoms with van der Waals surface area (Å²) >= 11 is 0. The first kappa shape index (κ1) is 75.8. The maximum absolute atomic E-state index is 12.9. The van der Waals surface area contributed by atoms with E-state index in [1.807, 2.05) is 0 Å². The predicted molar refractivity (Wildman–Crippen MR) is 348 cm³/mol. The first-order valence-corrected chi connectivity index (χ1v) is 33.5. The lowest BCUT2D eigenvalue weighted by Crippen LogP contribution is -2.30. The van der Waals surface area contributed by atoms with Crippen molar-refractivity contribution in [3.05, 3.63) is 122 Å². The molecule has 6 nitrogen and oxygen atoms in total. The van der Waals surface area contributed by atoms with Crippen LogP contribution in [0.5, 0.6) is 0 Å². The minimum absolute atomic E-state index is 0.0993. The number of carbonyl (C=O) groups excluding carboxylic acids is 3. The van der Waals surface area contributed by atoms with Crippen LogP contribution in [-0.4, -0.2) is 37.2 Å². The molecule has 0 bridgehead atoms. The SMILES string of the molecule is CC/C=C\C/C=C\C/C=C\C/C=C\C/C=C\C/C=C\CCCCC(=O)OC(COC(=O)CCCCCCC/C=C\CCC)COC(=O)CCCCCCCCCCCCCCCCCC/C=C\C/C=C\C/C=C\CCCCCCC. The number of unbranched alkanes of at least 4 members (excludes halogenated alkanes) is 29. The molecule has 80 heavy (non-hydrogen) atoms. The second-order valence-corrected chi connectivity index (χ2v) is 22.0. The number of hydrogen-bond donors (Lipinski definition) is 0. The Morgan fingerprint density at radius 2 is 0.512 bits per heavy atom. The third kappa shape index (κ3) is 64.6. The van der Waals surface area contributed by atoms with Gasteiger partial charge >= 0.3 is 17.9 Å². The minimum atomic E-state index is -0.807. The summed E-state index contributed by atoms with van der Waals surface area (Å²) in [4.78, 5) is 38.2. The molecule has 0 aromatic heterocycles. The van der Waals surface area contributed by atoms with Gasteiger partial charge in [-0.1, -0.05) is 284 Å². The van der Waals surface area contributed by atoms with E-state index in [0.29, 0.717) is 19.3 Å². The molecule has 6 heteroatoms. The molecule has 0 rings (SSSR count). The fourth-order valence-electron chi connectivity index (χ4n) is 9.16. The van der Waals surface area contributed by atoms with Crippen molar-refractivity contribution < 1.29 is 28.6 Å². The lowest BCUT2D eigenvalue weighted by atomic mass is 10.0. The van der Waals surface area contributed by atoms with Gasteiger partial charge in [-0.15, -0.1) is 0 Å². The van der Waals surface area contributed by atoms with E-state index in [2.05, 4.69) is 142 Å².